The van der Waals surface area contributed by atoms with E-state index in [0.29, 0.717) is 40.5 Å². The second-order valence-corrected chi connectivity index (χ2v) is 5.97. The number of halogens is 1. The number of imidazole rings is 1. The SMILES string of the molecule is COc1ccc(Br)c(C(=O)NCCn2ccnc2-c2ncccn2)c1. The van der Waals surface area contributed by atoms with Gasteiger partial charge in [-0.15, -0.1) is 0 Å². The fourth-order valence-corrected chi connectivity index (χ4v) is 2.73. The molecule has 8 heteroatoms. The lowest BCUT2D eigenvalue weighted by atomic mass is 10.2. The number of carbonyl (C=O) groups excluding carboxylic acids is 1. The number of hydrogen-bond donors (Lipinski definition) is 1. The molecule has 3 rings (SSSR count). The second-order valence-electron chi connectivity index (χ2n) is 5.12. The summed E-state index contributed by atoms with van der Waals surface area (Å²) < 4.78 is 7.77. The lowest BCUT2D eigenvalue weighted by Crippen LogP contribution is -2.27. The maximum absolute atomic E-state index is 12.4. The smallest absolute Gasteiger partial charge is 0.252 e. The predicted octanol–water partition coefficient (Wildman–Crippen LogP) is 2.54. The number of rotatable bonds is 6. The number of carbonyl (C=O) groups is 1. The molecule has 0 bridgehead atoms. The van der Waals surface area contributed by atoms with Crippen LogP contribution in [0.5, 0.6) is 5.75 Å². The maximum Gasteiger partial charge on any atom is 0.252 e. The fourth-order valence-electron chi connectivity index (χ4n) is 2.30. The molecule has 25 heavy (non-hydrogen) atoms. The fraction of sp³-hybridized carbons (Fsp3) is 0.176. The van der Waals surface area contributed by atoms with Crippen LogP contribution in [0.4, 0.5) is 0 Å². The number of aromatic nitrogens is 4. The van der Waals surface area contributed by atoms with Crippen molar-refractivity contribution in [1.29, 1.82) is 0 Å². The Morgan fingerprint density at radius 2 is 2.04 bits per heavy atom. The summed E-state index contributed by atoms with van der Waals surface area (Å²) in [6, 6.07) is 7.02. The van der Waals surface area contributed by atoms with Crippen molar-refractivity contribution in [2.75, 3.05) is 13.7 Å². The van der Waals surface area contributed by atoms with E-state index in [2.05, 4.69) is 36.2 Å². The van der Waals surface area contributed by atoms with E-state index in [-0.39, 0.29) is 5.91 Å². The molecule has 0 spiro atoms. The summed E-state index contributed by atoms with van der Waals surface area (Å²) in [6.07, 6.45) is 6.86. The van der Waals surface area contributed by atoms with Gasteiger partial charge in [0.1, 0.15) is 5.75 Å². The van der Waals surface area contributed by atoms with Gasteiger partial charge in [-0.2, -0.15) is 0 Å². The highest BCUT2D eigenvalue weighted by Gasteiger charge is 2.12. The Morgan fingerprint density at radius 1 is 1.24 bits per heavy atom. The summed E-state index contributed by atoms with van der Waals surface area (Å²) in [5, 5.41) is 2.89. The first kappa shape index (κ1) is 17.1. The second kappa shape index (κ2) is 7.89. The predicted molar refractivity (Wildman–Crippen MR) is 96.3 cm³/mol. The summed E-state index contributed by atoms with van der Waals surface area (Å²) in [6.45, 7) is 1.000. The minimum absolute atomic E-state index is 0.177. The Hall–Kier alpha value is -2.74. The van der Waals surface area contributed by atoms with Gasteiger partial charge in [-0.1, -0.05) is 0 Å². The van der Waals surface area contributed by atoms with E-state index in [4.69, 9.17) is 4.74 Å². The minimum Gasteiger partial charge on any atom is -0.497 e. The molecule has 0 aliphatic rings. The molecule has 7 nitrogen and oxygen atoms in total. The molecule has 0 aliphatic heterocycles. The van der Waals surface area contributed by atoms with Crippen molar-refractivity contribution < 1.29 is 9.53 Å². The van der Waals surface area contributed by atoms with E-state index in [1.54, 1.807) is 50.0 Å². The summed E-state index contributed by atoms with van der Waals surface area (Å²) in [7, 11) is 1.57. The van der Waals surface area contributed by atoms with Crippen LogP contribution in [0.1, 0.15) is 10.4 Å². The van der Waals surface area contributed by atoms with E-state index in [0.717, 1.165) is 0 Å². The molecule has 0 saturated heterocycles. The van der Waals surface area contributed by atoms with Crippen molar-refractivity contribution in [1.82, 2.24) is 24.8 Å². The molecule has 0 saturated carbocycles. The molecule has 1 N–H and O–H groups in total. The van der Waals surface area contributed by atoms with E-state index < -0.39 is 0 Å². The van der Waals surface area contributed by atoms with Crippen LogP contribution in [0.15, 0.2) is 53.5 Å². The van der Waals surface area contributed by atoms with Gasteiger partial charge in [-0.3, -0.25) is 4.79 Å². The molecule has 1 aromatic carbocycles. The largest absolute Gasteiger partial charge is 0.497 e. The number of nitrogens with one attached hydrogen (secondary N) is 1. The zero-order valence-corrected chi connectivity index (χ0v) is 15.1. The van der Waals surface area contributed by atoms with Crippen molar-refractivity contribution in [2.45, 2.75) is 6.54 Å². The first-order valence-corrected chi connectivity index (χ1v) is 8.38. The third kappa shape index (κ3) is 4.03. The Labute approximate surface area is 153 Å². The summed E-state index contributed by atoms with van der Waals surface area (Å²) in [5.41, 5.74) is 0.525. The molecule has 3 aromatic rings. The highest BCUT2D eigenvalue weighted by molar-refractivity contribution is 9.10. The maximum atomic E-state index is 12.4. The highest BCUT2D eigenvalue weighted by Crippen LogP contribution is 2.22. The standard InChI is InChI=1S/C17H16BrN5O2/c1-25-12-3-4-14(18)13(11-12)17(24)22-8-10-23-9-7-21-16(23)15-19-5-2-6-20-15/h2-7,9,11H,8,10H2,1H3,(H,22,24). The van der Waals surface area contributed by atoms with Crippen molar-refractivity contribution in [2.24, 2.45) is 0 Å². The van der Waals surface area contributed by atoms with Gasteiger partial charge in [-0.25, -0.2) is 15.0 Å². The van der Waals surface area contributed by atoms with Crippen molar-refractivity contribution in [3.63, 3.8) is 0 Å². The normalized spacial score (nSPS) is 10.5. The Bertz CT molecular complexity index is 866. The molecule has 2 heterocycles. The van der Waals surface area contributed by atoms with Crippen molar-refractivity contribution >= 4 is 21.8 Å². The summed E-state index contributed by atoms with van der Waals surface area (Å²) >= 11 is 3.38. The van der Waals surface area contributed by atoms with Crippen molar-refractivity contribution in [3.05, 3.63) is 59.1 Å². The van der Waals surface area contributed by atoms with E-state index >= 15 is 0 Å². The number of ether oxygens (including phenoxy) is 1. The Morgan fingerprint density at radius 3 is 2.80 bits per heavy atom. The average molecular weight is 402 g/mol. The zero-order valence-electron chi connectivity index (χ0n) is 13.5. The zero-order chi connectivity index (χ0) is 17.6. The van der Waals surface area contributed by atoms with Gasteiger partial charge in [0.25, 0.3) is 5.91 Å². The molecule has 0 aliphatic carbocycles. The van der Waals surface area contributed by atoms with Crippen LogP contribution in [-0.4, -0.2) is 39.1 Å². The van der Waals surface area contributed by atoms with Gasteiger partial charge in [-0.05, 0) is 40.2 Å². The van der Waals surface area contributed by atoms with Crippen LogP contribution in [0.25, 0.3) is 11.6 Å². The number of methoxy groups -OCH3 is 1. The van der Waals surface area contributed by atoms with E-state index in [9.17, 15) is 4.79 Å². The molecular formula is C17H16BrN5O2. The van der Waals surface area contributed by atoms with Crippen LogP contribution in [0, 0.1) is 0 Å². The number of hydrogen-bond acceptors (Lipinski definition) is 5. The molecule has 128 valence electrons. The van der Waals surface area contributed by atoms with Crippen LogP contribution >= 0.6 is 15.9 Å². The molecule has 0 unspecified atom stereocenters. The van der Waals surface area contributed by atoms with Gasteiger partial charge < -0.3 is 14.6 Å². The topological polar surface area (TPSA) is 81.9 Å². The molecule has 0 radical (unpaired) electrons. The molecule has 1 amide bonds. The Kier molecular flexibility index (Phi) is 5.39. The monoisotopic (exact) mass is 401 g/mol. The van der Waals surface area contributed by atoms with E-state index in [1.165, 1.54) is 0 Å². The first-order valence-electron chi connectivity index (χ1n) is 7.59. The lowest BCUT2D eigenvalue weighted by molar-refractivity contribution is 0.0951. The average Bonchev–Trinajstić information content (AvgIpc) is 3.11. The molecule has 2 aromatic heterocycles. The Balaban J connectivity index is 1.64. The number of amides is 1. The first-order chi connectivity index (χ1) is 12.2. The highest BCUT2D eigenvalue weighted by atomic mass is 79.9. The van der Waals surface area contributed by atoms with Crippen LogP contribution in [0.3, 0.4) is 0 Å². The molecule has 0 fully saturated rings. The van der Waals surface area contributed by atoms with Crippen LogP contribution in [0.2, 0.25) is 0 Å². The minimum atomic E-state index is -0.177. The molecule has 0 atom stereocenters. The number of benzene rings is 1. The van der Waals surface area contributed by atoms with Gasteiger partial charge >= 0.3 is 0 Å². The third-order valence-electron chi connectivity index (χ3n) is 3.54. The van der Waals surface area contributed by atoms with Crippen LogP contribution < -0.4 is 10.1 Å². The van der Waals surface area contributed by atoms with Gasteiger partial charge in [0, 0.05) is 42.3 Å². The summed E-state index contributed by atoms with van der Waals surface area (Å²) in [4.78, 5) is 25.1. The van der Waals surface area contributed by atoms with Crippen LogP contribution in [-0.2, 0) is 6.54 Å². The van der Waals surface area contributed by atoms with Crippen molar-refractivity contribution in [3.8, 4) is 17.4 Å². The third-order valence-corrected chi connectivity index (χ3v) is 4.23. The van der Waals surface area contributed by atoms with Gasteiger partial charge in [0.15, 0.2) is 11.6 Å². The number of nitrogens with zero attached hydrogens (tertiary/aromatic N) is 4. The summed E-state index contributed by atoms with van der Waals surface area (Å²) in [5.74, 6) is 1.67. The quantitative estimate of drug-likeness (QED) is 0.686. The van der Waals surface area contributed by atoms with Gasteiger partial charge in [0.2, 0.25) is 0 Å². The van der Waals surface area contributed by atoms with E-state index in [1.807, 2.05) is 10.8 Å². The van der Waals surface area contributed by atoms with Gasteiger partial charge in [0.05, 0.1) is 12.7 Å². The molecular weight excluding hydrogens is 386 g/mol. The lowest BCUT2D eigenvalue weighted by Gasteiger charge is -2.10.